The minimum absolute atomic E-state index is 1.12. The van der Waals surface area contributed by atoms with Gasteiger partial charge < -0.3 is 0 Å². The van der Waals surface area contributed by atoms with E-state index < -0.39 is 14.2 Å². The van der Waals surface area contributed by atoms with Crippen molar-refractivity contribution in [2.75, 3.05) is 0 Å². The van der Waals surface area contributed by atoms with Crippen LogP contribution in [0.2, 0.25) is 0 Å². The molecule has 1 saturated carbocycles. The molecule has 1 unspecified atom stereocenters. The first-order chi connectivity index (χ1) is 4.23. The molecule has 1 atom stereocenters. The van der Waals surface area contributed by atoms with Gasteiger partial charge in [0, 0.05) is 0 Å². The third kappa shape index (κ3) is 12.8. The maximum absolute atomic E-state index is 5.12. The zero-order valence-electron chi connectivity index (χ0n) is 5.06. The van der Waals surface area contributed by atoms with Gasteiger partial charge in [-0.15, -0.1) is 0 Å². The van der Waals surface area contributed by atoms with Crippen LogP contribution in [-0.4, -0.2) is 0 Å². The van der Waals surface area contributed by atoms with Crippen molar-refractivity contribution in [2.24, 2.45) is 0 Å². The van der Waals surface area contributed by atoms with Crippen LogP contribution in [0.1, 0.15) is 25.7 Å². The van der Waals surface area contributed by atoms with Gasteiger partial charge in [-0.05, 0) is 6.42 Å². The molecule has 1 rings (SSSR count). The SMILES string of the molecule is [CH]1CCCC1.[PH2][Pd]([Cl])[Cl]. The zero-order valence-corrected chi connectivity index (χ0v) is 9.28. The number of halogens is 2. The van der Waals surface area contributed by atoms with E-state index >= 15 is 0 Å². The van der Waals surface area contributed by atoms with Crippen molar-refractivity contribution in [3.05, 3.63) is 6.42 Å². The Morgan fingerprint density at radius 3 is 1.67 bits per heavy atom. The average molecular weight is 279 g/mol. The summed E-state index contributed by atoms with van der Waals surface area (Å²) in [4.78, 5) is 0. The molecule has 0 aliphatic heterocycles. The van der Waals surface area contributed by atoms with Crippen LogP contribution in [0.5, 0.6) is 0 Å². The monoisotopic (exact) mass is 278 g/mol. The van der Waals surface area contributed by atoms with Gasteiger partial charge >= 0.3 is 40.7 Å². The molecule has 0 aromatic heterocycles. The molecule has 60 valence electrons. The van der Waals surface area contributed by atoms with Gasteiger partial charge in [0.05, 0.1) is 0 Å². The van der Waals surface area contributed by atoms with Gasteiger partial charge in [0.1, 0.15) is 0 Å². The first kappa shape index (κ1) is 10.7. The van der Waals surface area contributed by atoms with Crippen LogP contribution in [-0.2, 0) is 14.2 Å². The Bertz CT molecular complexity index is 46.6. The fourth-order valence-corrected chi connectivity index (χ4v) is 0.722. The summed E-state index contributed by atoms with van der Waals surface area (Å²) in [5, 5.41) is 0. The molecule has 0 nitrogen and oxygen atoms in total. The Kier molecular flexibility index (Phi) is 9.22. The van der Waals surface area contributed by atoms with Gasteiger partial charge in [0.2, 0.25) is 0 Å². The summed E-state index contributed by atoms with van der Waals surface area (Å²) in [5.74, 6) is 0. The van der Waals surface area contributed by atoms with Crippen molar-refractivity contribution >= 4 is 26.5 Å². The van der Waals surface area contributed by atoms with Crippen molar-refractivity contribution in [2.45, 2.75) is 25.7 Å². The summed E-state index contributed by atoms with van der Waals surface area (Å²) in [6.07, 6.45) is 8.00. The fourth-order valence-electron chi connectivity index (χ4n) is 0.722. The molecule has 0 saturated heterocycles. The summed E-state index contributed by atoms with van der Waals surface area (Å²) in [5.41, 5.74) is 0. The molecular weight excluding hydrogens is 268 g/mol. The number of hydrogen-bond acceptors (Lipinski definition) is 0. The van der Waals surface area contributed by atoms with Crippen LogP contribution >= 0.6 is 26.5 Å². The number of hydrogen-bond donors (Lipinski definition) is 0. The summed E-state index contributed by atoms with van der Waals surface area (Å²) in [6.45, 7) is 0. The van der Waals surface area contributed by atoms with Gasteiger partial charge in [-0.2, -0.15) is 0 Å². The van der Waals surface area contributed by atoms with E-state index in [2.05, 4.69) is 13.8 Å². The molecule has 0 aromatic carbocycles. The van der Waals surface area contributed by atoms with Crippen LogP contribution in [0, 0.1) is 6.42 Å². The Morgan fingerprint density at radius 2 is 1.56 bits per heavy atom. The van der Waals surface area contributed by atoms with Gasteiger partial charge in [-0.1, -0.05) is 25.7 Å². The Balaban J connectivity index is 0.000000148. The maximum atomic E-state index is 5.12. The summed E-state index contributed by atoms with van der Waals surface area (Å²) < 4.78 is 0. The van der Waals surface area contributed by atoms with E-state index in [-0.39, 0.29) is 0 Å². The Labute approximate surface area is 72.6 Å². The molecule has 0 spiro atoms. The Morgan fingerprint density at radius 1 is 1.22 bits per heavy atom. The van der Waals surface area contributed by atoms with Crippen molar-refractivity contribution in [3.63, 3.8) is 0 Å². The van der Waals surface area contributed by atoms with E-state index in [0.29, 0.717) is 0 Å². The molecule has 4 heteroatoms. The molecular formula is C5H11Cl2PPd. The predicted octanol–water partition coefficient (Wildman–Crippen LogP) is 3.47. The molecule has 1 aliphatic rings. The van der Waals surface area contributed by atoms with Crippen molar-refractivity contribution in [1.82, 2.24) is 0 Å². The number of rotatable bonds is 0. The predicted molar refractivity (Wildman–Crippen MR) is 44.2 cm³/mol. The Hall–Kier alpha value is 1.67. The molecule has 0 heterocycles. The van der Waals surface area contributed by atoms with Gasteiger partial charge in [0.25, 0.3) is 0 Å². The summed E-state index contributed by atoms with van der Waals surface area (Å²) >= 11 is -1.12. The van der Waals surface area contributed by atoms with Crippen molar-refractivity contribution < 1.29 is 14.2 Å². The standard InChI is InChI=1S/C5H9.2ClH.H2P.Pd/c1-2-4-5-3-1;;;;/h1H,2-5H2;2*1H;1H2;/q;;;-1;+3/p-2. The summed E-state index contributed by atoms with van der Waals surface area (Å²) in [7, 11) is 12.5. The van der Waals surface area contributed by atoms with E-state index in [9.17, 15) is 0 Å². The summed E-state index contributed by atoms with van der Waals surface area (Å²) in [6, 6.07) is 0. The molecule has 0 amide bonds. The minimum atomic E-state index is -1.12. The molecule has 1 radical (unpaired) electrons. The van der Waals surface area contributed by atoms with Crippen molar-refractivity contribution in [1.29, 1.82) is 0 Å². The van der Waals surface area contributed by atoms with Gasteiger partial charge in [0.15, 0.2) is 0 Å². The fraction of sp³-hybridized carbons (Fsp3) is 0.800. The average Bonchev–Trinajstić information content (AvgIpc) is 2.11. The van der Waals surface area contributed by atoms with Crippen molar-refractivity contribution in [3.8, 4) is 0 Å². The second-order valence-corrected chi connectivity index (χ2v) is 11.3. The van der Waals surface area contributed by atoms with E-state index in [1.165, 1.54) is 25.7 Å². The van der Waals surface area contributed by atoms with Crippen LogP contribution < -0.4 is 0 Å². The third-order valence-corrected chi connectivity index (χ3v) is 1.07. The van der Waals surface area contributed by atoms with Gasteiger partial charge in [-0.25, -0.2) is 0 Å². The van der Waals surface area contributed by atoms with Gasteiger partial charge in [-0.3, -0.25) is 0 Å². The van der Waals surface area contributed by atoms with Crippen LogP contribution in [0.25, 0.3) is 0 Å². The molecule has 1 aliphatic carbocycles. The van der Waals surface area contributed by atoms with Crippen LogP contribution in [0.3, 0.4) is 0 Å². The van der Waals surface area contributed by atoms with E-state index in [1.807, 2.05) is 0 Å². The quantitative estimate of drug-likeness (QED) is 0.470. The molecule has 0 bridgehead atoms. The first-order valence-electron chi connectivity index (χ1n) is 2.74. The van der Waals surface area contributed by atoms with Crippen LogP contribution in [0.4, 0.5) is 0 Å². The topological polar surface area (TPSA) is 0 Å². The third-order valence-electron chi connectivity index (χ3n) is 1.07. The molecule has 0 N–H and O–H groups in total. The zero-order chi connectivity index (χ0) is 7.11. The van der Waals surface area contributed by atoms with E-state index in [0.717, 1.165) is 0 Å². The van der Waals surface area contributed by atoms with E-state index in [4.69, 9.17) is 19.1 Å². The molecule has 1 fully saturated rings. The molecule has 0 aromatic rings. The second kappa shape index (κ2) is 7.78. The van der Waals surface area contributed by atoms with Crippen LogP contribution in [0.15, 0.2) is 0 Å². The second-order valence-electron chi connectivity index (χ2n) is 1.76. The normalized spacial score (nSPS) is 18.3. The first-order valence-corrected chi connectivity index (χ1v) is 9.80. The van der Waals surface area contributed by atoms with E-state index in [1.54, 1.807) is 0 Å². The molecule has 9 heavy (non-hydrogen) atoms.